The third-order valence-corrected chi connectivity index (χ3v) is 5.21. The number of carbonyl (C=O) groups is 1. The number of fused-ring (bicyclic) bond motifs is 3. The predicted molar refractivity (Wildman–Crippen MR) is 114 cm³/mol. The van der Waals surface area contributed by atoms with Crippen molar-refractivity contribution in [3.63, 3.8) is 0 Å². The van der Waals surface area contributed by atoms with Crippen LogP contribution in [0.2, 0.25) is 0 Å². The Morgan fingerprint density at radius 2 is 1.77 bits per heavy atom. The Balaban J connectivity index is 2.02. The second kappa shape index (κ2) is 8.06. The number of hydrogen-bond donors (Lipinski definition) is 2. The molecule has 0 saturated carbocycles. The van der Waals surface area contributed by atoms with E-state index in [1.165, 1.54) is 0 Å². The summed E-state index contributed by atoms with van der Waals surface area (Å²) >= 11 is 0. The molecule has 1 aromatic heterocycles. The Morgan fingerprint density at radius 1 is 1.10 bits per heavy atom. The topological polar surface area (TPSA) is 113 Å². The van der Waals surface area contributed by atoms with Crippen LogP contribution in [0.25, 0.3) is 10.9 Å². The number of aromatic amines is 1. The maximum Gasteiger partial charge on any atom is 0.340 e. The lowest BCUT2D eigenvalue weighted by Crippen LogP contribution is -2.32. The number of nitrogens with one attached hydrogen (secondary N) is 1. The number of aromatic nitrogens is 1. The van der Waals surface area contributed by atoms with Crippen LogP contribution in [0.5, 0.6) is 17.2 Å². The Labute approximate surface area is 178 Å². The van der Waals surface area contributed by atoms with Crippen LogP contribution in [0, 0.1) is 0 Å². The lowest BCUT2D eigenvalue weighted by molar-refractivity contribution is -0.139. The standard InChI is InChI=1S/C23H22N2O6/c1-4-30-23(27)19-17(12-5-7-13(28-2)8-6-12)18-20(31-21(19)24)15-11-14(29-3)9-10-16(15)25-22(18)26/h5-11,17H,4,24H2,1-3H3,(H,25,26). The molecule has 2 heterocycles. The maximum absolute atomic E-state index is 13.2. The number of ether oxygens (including phenoxy) is 4. The monoisotopic (exact) mass is 422 g/mol. The second-order valence-corrected chi connectivity index (χ2v) is 6.92. The normalized spacial score (nSPS) is 15.3. The summed E-state index contributed by atoms with van der Waals surface area (Å²) in [5.74, 6) is -0.0249. The van der Waals surface area contributed by atoms with E-state index in [2.05, 4.69) is 4.98 Å². The van der Waals surface area contributed by atoms with Crippen LogP contribution >= 0.6 is 0 Å². The molecule has 0 radical (unpaired) electrons. The van der Waals surface area contributed by atoms with Crippen LogP contribution in [0.15, 0.2) is 58.7 Å². The predicted octanol–water partition coefficient (Wildman–Crippen LogP) is 2.80. The molecule has 160 valence electrons. The highest BCUT2D eigenvalue weighted by Gasteiger charge is 2.38. The van der Waals surface area contributed by atoms with Crippen LogP contribution < -0.4 is 25.5 Å². The summed E-state index contributed by atoms with van der Waals surface area (Å²) in [6, 6.07) is 12.3. The number of rotatable bonds is 5. The molecule has 2 aromatic carbocycles. The summed E-state index contributed by atoms with van der Waals surface area (Å²) < 4.78 is 21.6. The third kappa shape index (κ3) is 3.46. The molecule has 8 heteroatoms. The van der Waals surface area contributed by atoms with Crippen LogP contribution in [-0.4, -0.2) is 31.8 Å². The molecule has 3 N–H and O–H groups in total. The first-order valence-electron chi connectivity index (χ1n) is 9.71. The molecule has 0 aliphatic carbocycles. The van der Waals surface area contributed by atoms with E-state index in [0.717, 1.165) is 0 Å². The summed E-state index contributed by atoms with van der Waals surface area (Å²) in [7, 11) is 3.11. The van der Waals surface area contributed by atoms with Gasteiger partial charge in [-0.05, 0) is 42.8 Å². The van der Waals surface area contributed by atoms with Crippen molar-refractivity contribution in [1.82, 2.24) is 4.98 Å². The molecule has 0 saturated heterocycles. The highest BCUT2D eigenvalue weighted by molar-refractivity contribution is 5.95. The lowest BCUT2D eigenvalue weighted by Gasteiger charge is -2.28. The number of esters is 1. The fourth-order valence-corrected chi connectivity index (χ4v) is 3.77. The molecule has 0 amide bonds. The number of hydrogen-bond acceptors (Lipinski definition) is 7. The Morgan fingerprint density at radius 3 is 2.42 bits per heavy atom. The molecule has 1 atom stereocenters. The van der Waals surface area contributed by atoms with Crippen LogP contribution in [-0.2, 0) is 9.53 Å². The number of carbonyl (C=O) groups excluding carboxylic acids is 1. The van der Waals surface area contributed by atoms with Gasteiger partial charge in [0.25, 0.3) is 5.56 Å². The number of nitrogens with two attached hydrogens (primary N) is 1. The van der Waals surface area contributed by atoms with Gasteiger partial charge in [-0.2, -0.15) is 0 Å². The van der Waals surface area contributed by atoms with Crippen molar-refractivity contribution in [2.45, 2.75) is 12.8 Å². The average Bonchev–Trinajstić information content (AvgIpc) is 2.78. The van der Waals surface area contributed by atoms with E-state index in [1.54, 1.807) is 63.6 Å². The zero-order chi connectivity index (χ0) is 22.1. The molecule has 0 spiro atoms. The minimum Gasteiger partial charge on any atom is -0.497 e. The number of pyridine rings is 1. The largest absolute Gasteiger partial charge is 0.497 e. The van der Waals surface area contributed by atoms with E-state index in [1.807, 2.05) is 0 Å². The van der Waals surface area contributed by atoms with Crippen molar-refractivity contribution in [2.75, 3.05) is 20.8 Å². The van der Waals surface area contributed by atoms with Gasteiger partial charge in [0.2, 0.25) is 5.88 Å². The van der Waals surface area contributed by atoms with E-state index >= 15 is 0 Å². The zero-order valence-corrected chi connectivity index (χ0v) is 17.4. The summed E-state index contributed by atoms with van der Waals surface area (Å²) in [5, 5.41) is 0.610. The van der Waals surface area contributed by atoms with Crippen molar-refractivity contribution in [3.05, 3.63) is 75.4 Å². The molecular formula is C23H22N2O6. The summed E-state index contributed by atoms with van der Waals surface area (Å²) in [4.78, 5) is 28.8. The second-order valence-electron chi connectivity index (χ2n) is 6.92. The average molecular weight is 422 g/mol. The van der Waals surface area contributed by atoms with E-state index in [9.17, 15) is 9.59 Å². The van der Waals surface area contributed by atoms with Crippen molar-refractivity contribution >= 4 is 16.9 Å². The fourth-order valence-electron chi connectivity index (χ4n) is 3.77. The SMILES string of the molecule is CCOC(=O)C1=C(N)Oc2c(c(=O)[nH]c3ccc(OC)cc23)C1c1ccc(OC)cc1. The molecule has 4 rings (SSSR count). The van der Waals surface area contributed by atoms with E-state index in [-0.39, 0.29) is 34.9 Å². The summed E-state index contributed by atoms with van der Waals surface area (Å²) in [6.45, 7) is 1.85. The third-order valence-electron chi connectivity index (χ3n) is 5.21. The highest BCUT2D eigenvalue weighted by atomic mass is 16.5. The van der Waals surface area contributed by atoms with Crippen LogP contribution in [0.4, 0.5) is 0 Å². The minimum atomic E-state index is -0.784. The first kappa shape index (κ1) is 20.3. The molecule has 8 nitrogen and oxygen atoms in total. The molecule has 0 fully saturated rings. The summed E-state index contributed by atoms with van der Waals surface area (Å²) in [5.41, 5.74) is 7.40. The molecule has 1 aliphatic heterocycles. The van der Waals surface area contributed by atoms with E-state index in [0.29, 0.717) is 28.0 Å². The van der Waals surface area contributed by atoms with Crippen molar-refractivity contribution in [3.8, 4) is 17.2 Å². The van der Waals surface area contributed by atoms with Gasteiger partial charge in [0.05, 0.1) is 37.8 Å². The maximum atomic E-state index is 13.2. The minimum absolute atomic E-state index is 0.0762. The van der Waals surface area contributed by atoms with Crippen LogP contribution in [0.1, 0.15) is 24.0 Å². The van der Waals surface area contributed by atoms with Gasteiger partial charge < -0.3 is 29.7 Å². The quantitative estimate of drug-likeness (QED) is 0.608. The molecular weight excluding hydrogens is 400 g/mol. The highest BCUT2D eigenvalue weighted by Crippen LogP contribution is 2.44. The van der Waals surface area contributed by atoms with Crippen molar-refractivity contribution in [2.24, 2.45) is 5.73 Å². The fraction of sp³-hybridized carbons (Fsp3) is 0.217. The van der Waals surface area contributed by atoms with E-state index in [4.69, 9.17) is 24.7 Å². The molecule has 3 aromatic rings. The van der Waals surface area contributed by atoms with Gasteiger partial charge in [0, 0.05) is 5.39 Å². The van der Waals surface area contributed by atoms with E-state index < -0.39 is 11.9 Å². The first-order valence-corrected chi connectivity index (χ1v) is 9.71. The first-order chi connectivity index (χ1) is 15.0. The van der Waals surface area contributed by atoms with Crippen LogP contribution in [0.3, 0.4) is 0 Å². The Kier molecular flexibility index (Phi) is 5.29. The number of H-pyrrole nitrogens is 1. The summed E-state index contributed by atoms with van der Waals surface area (Å²) in [6.07, 6.45) is 0. The smallest absolute Gasteiger partial charge is 0.340 e. The van der Waals surface area contributed by atoms with Gasteiger partial charge in [-0.1, -0.05) is 12.1 Å². The molecule has 0 bridgehead atoms. The van der Waals surface area contributed by atoms with Gasteiger partial charge in [0.1, 0.15) is 22.8 Å². The van der Waals surface area contributed by atoms with Gasteiger partial charge in [-0.3, -0.25) is 4.79 Å². The number of benzene rings is 2. The number of methoxy groups -OCH3 is 2. The van der Waals surface area contributed by atoms with Crippen molar-refractivity contribution < 1.29 is 23.7 Å². The van der Waals surface area contributed by atoms with Gasteiger partial charge >= 0.3 is 5.97 Å². The Bertz CT molecular complexity index is 1240. The molecule has 1 aliphatic rings. The van der Waals surface area contributed by atoms with Gasteiger partial charge in [-0.25, -0.2) is 4.79 Å². The van der Waals surface area contributed by atoms with Gasteiger partial charge in [-0.15, -0.1) is 0 Å². The van der Waals surface area contributed by atoms with Crippen molar-refractivity contribution in [1.29, 1.82) is 0 Å². The molecule has 1 unspecified atom stereocenters. The zero-order valence-electron chi connectivity index (χ0n) is 17.4. The Hall–Kier alpha value is -3.94. The van der Waals surface area contributed by atoms with Gasteiger partial charge in [0.15, 0.2) is 0 Å². The molecule has 31 heavy (non-hydrogen) atoms. The lowest BCUT2D eigenvalue weighted by atomic mass is 9.83.